The topological polar surface area (TPSA) is 83.8 Å². The quantitative estimate of drug-likeness (QED) is 0.263. The number of carbonyl (C=O) groups is 1. The van der Waals surface area contributed by atoms with Gasteiger partial charge in [-0.05, 0) is 67.8 Å². The summed E-state index contributed by atoms with van der Waals surface area (Å²) in [6.07, 6.45) is 1.42. The number of fused-ring (bicyclic) bond motifs is 1. The number of nitrogens with zero attached hydrogens (tertiary/aromatic N) is 2. The lowest BCUT2D eigenvalue weighted by Crippen LogP contribution is -2.26. The van der Waals surface area contributed by atoms with Crippen molar-refractivity contribution in [2.45, 2.75) is 33.2 Å². The van der Waals surface area contributed by atoms with Gasteiger partial charge < -0.3 is 28.8 Å². The predicted octanol–water partition coefficient (Wildman–Crippen LogP) is 5.12. The Kier molecular flexibility index (Phi) is 8.73. The first-order chi connectivity index (χ1) is 18.4. The monoisotopic (exact) mass is 517 g/mol. The molecule has 0 unspecified atom stereocenters. The minimum Gasteiger partial charge on any atom is -0.494 e. The lowest BCUT2D eigenvalue weighted by molar-refractivity contribution is 0.0953. The summed E-state index contributed by atoms with van der Waals surface area (Å²) < 4.78 is 24.3. The minimum absolute atomic E-state index is 0.228. The second kappa shape index (κ2) is 12.4. The van der Waals surface area contributed by atoms with Crippen LogP contribution in [0.25, 0.3) is 11.0 Å². The fourth-order valence-corrected chi connectivity index (χ4v) is 4.38. The maximum Gasteiger partial charge on any atom is 0.251 e. The van der Waals surface area contributed by atoms with E-state index in [1.54, 1.807) is 12.1 Å². The zero-order valence-corrected chi connectivity index (χ0v) is 22.7. The van der Waals surface area contributed by atoms with Crippen LogP contribution < -0.4 is 24.3 Å². The van der Waals surface area contributed by atoms with Gasteiger partial charge >= 0.3 is 0 Å². The van der Waals surface area contributed by atoms with Crippen LogP contribution in [-0.4, -0.2) is 49.9 Å². The van der Waals surface area contributed by atoms with E-state index in [0.717, 1.165) is 35.6 Å². The van der Waals surface area contributed by atoms with E-state index >= 15 is 0 Å². The number of imidazole rings is 1. The Bertz CT molecular complexity index is 1390. The predicted molar refractivity (Wildman–Crippen MR) is 148 cm³/mol. The molecule has 0 atom stereocenters. The Morgan fingerprint density at radius 1 is 0.921 bits per heavy atom. The summed E-state index contributed by atoms with van der Waals surface area (Å²) in [4.78, 5) is 17.7. The fraction of sp³-hybridized carbons (Fsp3) is 0.333. The van der Waals surface area contributed by atoms with Gasteiger partial charge in [-0.3, -0.25) is 4.79 Å². The molecule has 1 amide bonds. The van der Waals surface area contributed by atoms with Crippen molar-refractivity contribution in [1.82, 2.24) is 14.9 Å². The number of hydrogen-bond acceptors (Lipinski definition) is 6. The first-order valence-electron chi connectivity index (χ1n) is 12.7. The van der Waals surface area contributed by atoms with Crippen molar-refractivity contribution in [3.63, 3.8) is 0 Å². The van der Waals surface area contributed by atoms with Crippen LogP contribution in [0.1, 0.15) is 33.7 Å². The molecule has 0 aliphatic rings. The summed E-state index contributed by atoms with van der Waals surface area (Å²) in [6, 6.07) is 17.5. The lowest BCUT2D eigenvalue weighted by atomic mass is 10.1. The Labute approximate surface area is 223 Å². The van der Waals surface area contributed by atoms with Crippen LogP contribution in [-0.2, 0) is 13.0 Å². The molecule has 200 valence electrons. The fourth-order valence-electron chi connectivity index (χ4n) is 4.38. The molecule has 1 N–H and O–H groups in total. The molecular formula is C30H35N3O5. The van der Waals surface area contributed by atoms with Gasteiger partial charge in [0, 0.05) is 25.1 Å². The van der Waals surface area contributed by atoms with Crippen molar-refractivity contribution in [2.75, 3.05) is 34.5 Å². The highest BCUT2D eigenvalue weighted by Gasteiger charge is 2.17. The average Bonchev–Trinajstić information content (AvgIpc) is 3.29. The van der Waals surface area contributed by atoms with Crippen LogP contribution in [0.15, 0.2) is 54.6 Å². The summed E-state index contributed by atoms with van der Waals surface area (Å²) in [5.74, 6) is 2.89. The van der Waals surface area contributed by atoms with Crippen molar-refractivity contribution in [3.05, 3.63) is 77.1 Å². The molecule has 0 aliphatic heterocycles. The number of para-hydroxylation sites is 2. The molecule has 8 heteroatoms. The van der Waals surface area contributed by atoms with Gasteiger partial charge in [-0.25, -0.2) is 4.98 Å². The summed E-state index contributed by atoms with van der Waals surface area (Å²) in [5, 5.41) is 2.99. The normalized spacial score (nSPS) is 10.9. The molecule has 3 aromatic carbocycles. The molecule has 0 bridgehead atoms. The summed E-state index contributed by atoms with van der Waals surface area (Å²) in [6.45, 7) is 5.98. The smallest absolute Gasteiger partial charge is 0.251 e. The number of nitrogens with one attached hydrogen (secondary N) is 1. The molecule has 0 saturated heterocycles. The van der Waals surface area contributed by atoms with Crippen molar-refractivity contribution in [1.29, 1.82) is 0 Å². The van der Waals surface area contributed by atoms with E-state index in [1.165, 1.54) is 32.5 Å². The van der Waals surface area contributed by atoms with E-state index in [2.05, 4.69) is 41.9 Å². The summed E-state index contributed by atoms with van der Waals surface area (Å²) in [5.41, 5.74) is 4.91. The van der Waals surface area contributed by atoms with Crippen LogP contribution in [0.5, 0.6) is 23.0 Å². The Balaban J connectivity index is 1.40. The van der Waals surface area contributed by atoms with E-state index in [1.807, 2.05) is 24.3 Å². The number of rotatable bonds is 12. The first kappa shape index (κ1) is 26.9. The SMILES string of the molecule is COc1cc(C(=O)NCCc2nc3ccccc3n2CCCOc2ccc(C)c(C)c2)cc(OC)c1OC. The number of ether oxygens (including phenoxy) is 4. The Morgan fingerprint density at radius 3 is 2.34 bits per heavy atom. The second-order valence-corrected chi connectivity index (χ2v) is 9.04. The third kappa shape index (κ3) is 6.02. The molecule has 0 spiro atoms. The average molecular weight is 518 g/mol. The van der Waals surface area contributed by atoms with Crippen LogP contribution >= 0.6 is 0 Å². The van der Waals surface area contributed by atoms with Gasteiger partial charge in [-0.15, -0.1) is 0 Å². The van der Waals surface area contributed by atoms with Gasteiger partial charge in [-0.2, -0.15) is 0 Å². The minimum atomic E-state index is -0.228. The highest BCUT2D eigenvalue weighted by Crippen LogP contribution is 2.38. The van der Waals surface area contributed by atoms with E-state index in [0.29, 0.717) is 42.4 Å². The van der Waals surface area contributed by atoms with Crippen LogP contribution in [0, 0.1) is 13.8 Å². The van der Waals surface area contributed by atoms with Gasteiger partial charge in [0.1, 0.15) is 11.6 Å². The van der Waals surface area contributed by atoms with Crippen molar-refractivity contribution >= 4 is 16.9 Å². The molecule has 4 aromatic rings. The van der Waals surface area contributed by atoms with Crippen molar-refractivity contribution < 1.29 is 23.7 Å². The Morgan fingerprint density at radius 2 is 1.66 bits per heavy atom. The van der Waals surface area contributed by atoms with Gasteiger partial charge in [0.25, 0.3) is 5.91 Å². The number of carbonyl (C=O) groups excluding carboxylic acids is 1. The van der Waals surface area contributed by atoms with E-state index in [9.17, 15) is 4.79 Å². The highest BCUT2D eigenvalue weighted by atomic mass is 16.5. The van der Waals surface area contributed by atoms with Crippen molar-refractivity contribution in [3.8, 4) is 23.0 Å². The maximum atomic E-state index is 12.9. The highest BCUT2D eigenvalue weighted by molar-refractivity contribution is 5.95. The molecular weight excluding hydrogens is 482 g/mol. The number of amides is 1. The zero-order valence-electron chi connectivity index (χ0n) is 22.7. The number of benzene rings is 3. The maximum absolute atomic E-state index is 12.9. The van der Waals surface area contributed by atoms with E-state index < -0.39 is 0 Å². The molecule has 1 aromatic heterocycles. The number of methoxy groups -OCH3 is 3. The molecule has 4 rings (SSSR count). The molecule has 38 heavy (non-hydrogen) atoms. The molecule has 0 aliphatic carbocycles. The lowest BCUT2D eigenvalue weighted by Gasteiger charge is -2.14. The number of aryl methyl sites for hydroxylation is 3. The molecule has 8 nitrogen and oxygen atoms in total. The van der Waals surface area contributed by atoms with Gasteiger partial charge in [0.05, 0.1) is 39.0 Å². The summed E-state index contributed by atoms with van der Waals surface area (Å²) in [7, 11) is 4.58. The van der Waals surface area contributed by atoms with E-state index in [-0.39, 0.29) is 5.91 Å². The first-order valence-corrected chi connectivity index (χ1v) is 12.7. The third-order valence-electron chi connectivity index (χ3n) is 6.57. The number of hydrogen-bond donors (Lipinski definition) is 1. The standard InChI is InChI=1S/C30H35N3O5/c1-20-11-12-23(17-21(20)2)38-16-8-15-33-25-10-7-6-9-24(25)32-28(33)13-14-31-30(34)22-18-26(35-3)29(37-5)27(19-22)36-4/h6-7,9-12,17-19H,8,13-16H2,1-5H3,(H,31,34). The number of aromatic nitrogens is 2. The molecule has 0 radical (unpaired) electrons. The molecule has 0 saturated carbocycles. The zero-order chi connectivity index (χ0) is 27.1. The van der Waals surface area contributed by atoms with Gasteiger partial charge in [-0.1, -0.05) is 18.2 Å². The summed E-state index contributed by atoms with van der Waals surface area (Å²) >= 11 is 0. The molecule has 0 fully saturated rings. The van der Waals surface area contributed by atoms with Crippen molar-refractivity contribution in [2.24, 2.45) is 0 Å². The van der Waals surface area contributed by atoms with Crippen LogP contribution in [0.3, 0.4) is 0 Å². The van der Waals surface area contributed by atoms with Gasteiger partial charge in [0.15, 0.2) is 11.5 Å². The Hall–Kier alpha value is -4.20. The third-order valence-corrected chi connectivity index (χ3v) is 6.57. The van der Waals surface area contributed by atoms with E-state index in [4.69, 9.17) is 23.9 Å². The largest absolute Gasteiger partial charge is 0.494 e. The second-order valence-electron chi connectivity index (χ2n) is 9.04. The van der Waals surface area contributed by atoms with Crippen LogP contribution in [0.2, 0.25) is 0 Å². The molecule has 1 heterocycles. The van der Waals surface area contributed by atoms with Gasteiger partial charge in [0.2, 0.25) is 5.75 Å². The van der Waals surface area contributed by atoms with Crippen LogP contribution in [0.4, 0.5) is 0 Å².